The van der Waals surface area contributed by atoms with Crippen molar-refractivity contribution in [2.45, 2.75) is 19.3 Å². The summed E-state index contributed by atoms with van der Waals surface area (Å²) in [6.07, 6.45) is 0. The van der Waals surface area contributed by atoms with Crippen LogP contribution >= 0.6 is 0 Å². The minimum absolute atomic E-state index is 0.0515. The van der Waals surface area contributed by atoms with Gasteiger partial charge in [-0.1, -0.05) is 166 Å². The molecular weight excluding hydrogens is 617 g/mol. The SMILES string of the molecule is CC1(C)c2ccccc2-c2cc(-c3cc(-c4cc(-c5ccccc5)cc(-c5ccc(-c6ccccc6)cc5)c4)nc(-c4ccccc4)n3)ccc21. The number of fused-ring (bicyclic) bond motifs is 3. The van der Waals surface area contributed by atoms with Crippen molar-refractivity contribution < 1.29 is 0 Å². The second-order valence-electron chi connectivity index (χ2n) is 13.9. The zero-order valence-electron chi connectivity index (χ0n) is 28.7. The Morgan fingerprint density at radius 2 is 0.745 bits per heavy atom. The molecule has 51 heavy (non-hydrogen) atoms. The van der Waals surface area contributed by atoms with E-state index < -0.39 is 0 Å². The summed E-state index contributed by atoms with van der Waals surface area (Å²) in [4.78, 5) is 10.4. The fraction of sp³-hybridized carbons (Fsp3) is 0.0612. The number of hydrogen-bond donors (Lipinski definition) is 0. The summed E-state index contributed by atoms with van der Waals surface area (Å²) in [5.41, 5.74) is 17.2. The predicted molar refractivity (Wildman–Crippen MR) is 212 cm³/mol. The normalized spacial score (nSPS) is 12.7. The van der Waals surface area contributed by atoms with Crippen LogP contribution in [0.5, 0.6) is 0 Å². The molecule has 242 valence electrons. The molecule has 1 aliphatic carbocycles. The minimum Gasteiger partial charge on any atom is -0.228 e. The quantitative estimate of drug-likeness (QED) is 0.179. The molecule has 0 amide bonds. The van der Waals surface area contributed by atoms with Gasteiger partial charge in [0.05, 0.1) is 11.4 Å². The molecule has 1 aliphatic rings. The number of aromatic nitrogens is 2. The summed E-state index contributed by atoms with van der Waals surface area (Å²) in [6, 6.07) is 64.9. The molecule has 0 spiro atoms. The van der Waals surface area contributed by atoms with Crippen LogP contribution in [0, 0.1) is 0 Å². The van der Waals surface area contributed by atoms with E-state index in [1.165, 1.54) is 38.9 Å². The van der Waals surface area contributed by atoms with Crippen LogP contribution in [0.4, 0.5) is 0 Å². The van der Waals surface area contributed by atoms with Crippen molar-refractivity contribution in [3.05, 3.63) is 193 Å². The van der Waals surface area contributed by atoms with Crippen LogP contribution in [0.1, 0.15) is 25.0 Å². The second-order valence-corrected chi connectivity index (χ2v) is 13.9. The zero-order valence-corrected chi connectivity index (χ0v) is 28.7. The maximum atomic E-state index is 5.24. The zero-order chi connectivity index (χ0) is 34.4. The van der Waals surface area contributed by atoms with E-state index in [-0.39, 0.29) is 5.41 Å². The Morgan fingerprint density at radius 1 is 0.314 bits per heavy atom. The van der Waals surface area contributed by atoms with Crippen molar-refractivity contribution in [1.29, 1.82) is 0 Å². The predicted octanol–water partition coefficient (Wildman–Crippen LogP) is 12.8. The van der Waals surface area contributed by atoms with Crippen LogP contribution in [0.25, 0.3) is 78.4 Å². The Morgan fingerprint density at radius 3 is 1.37 bits per heavy atom. The summed E-state index contributed by atoms with van der Waals surface area (Å²) in [7, 11) is 0. The van der Waals surface area contributed by atoms with E-state index in [0.717, 1.165) is 44.8 Å². The summed E-state index contributed by atoms with van der Waals surface area (Å²) in [6.45, 7) is 4.64. The van der Waals surface area contributed by atoms with Crippen LogP contribution < -0.4 is 0 Å². The first-order chi connectivity index (χ1) is 25.0. The van der Waals surface area contributed by atoms with E-state index in [4.69, 9.17) is 9.97 Å². The summed E-state index contributed by atoms with van der Waals surface area (Å²) < 4.78 is 0. The lowest BCUT2D eigenvalue weighted by Gasteiger charge is -2.21. The third-order valence-corrected chi connectivity index (χ3v) is 10.3. The fourth-order valence-electron chi connectivity index (χ4n) is 7.56. The summed E-state index contributed by atoms with van der Waals surface area (Å²) >= 11 is 0. The standard InChI is InChI=1S/C49H36N2/c1-49(2)44-21-13-12-20-42(44)43-31-38(26-27-45(43)49)46-32-47(51-48(50-46)37-18-10-5-11-19-37)41-29-39(34-16-8-4-9-17-34)28-40(30-41)36-24-22-35(23-25-36)33-14-6-3-7-15-33/h3-32H,1-2H3. The van der Waals surface area contributed by atoms with E-state index in [9.17, 15) is 0 Å². The van der Waals surface area contributed by atoms with Gasteiger partial charge in [-0.15, -0.1) is 0 Å². The molecule has 0 atom stereocenters. The van der Waals surface area contributed by atoms with Gasteiger partial charge in [0.1, 0.15) is 0 Å². The highest BCUT2D eigenvalue weighted by Gasteiger charge is 2.35. The van der Waals surface area contributed by atoms with Gasteiger partial charge in [0.25, 0.3) is 0 Å². The van der Waals surface area contributed by atoms with Gasteiger partial charge in [-0.3, -0.25) is 0 Å². The highest BCUT2D eigenvalue weighted by Crippen LogP contribution is 2.49. The first kappa shape index (κ1) is 30.7. The molecule has 0 bridgehead atoms. The smallest absolute Gasteiger partial charge is 0.160 e. The molecule has 0 radical (unpaired) electrons. The van der Waals surface area contributed by atoms with Crippen molar-refractivity contribution in [3.63, 3.8) is 0 Å². The van der Waals surface area contributed by atoms with Gasteiger partial charge in [-0.05, 0) is 86.0 Å². The van der Waals surface area contributed by atoms with Gasteiger partial charge in [0.15, 0.2) is 5.82 Å². The molecule has 0 saturated heterocycles. The van der Waals surface area contributed by atoms with Crippen LogP contribution in [0.3, 0.4) is 0 Å². The molecule has 0 aliphatic heterocycles. The molecule has 1 heterocycles. The molecular formula is C49H36N2. The highest BCUT2D eigenvalue weighted by molar-refractivity contribution is 5.86. The van der Waals surface area contributed by atoms with E-state index in [1.807, 2.05) is 18.2 Å². The van der Waals surface area contributed by atoms with Gasteiger partial charge in [0, 0.05) is 22.1 Å². The Balaban J connectivity index is 1.21. The third-order valence-electron chi connectivity index (χ3n) is 10.3. The molecule has 0 saturated carbocycles. The average molecular weight is 653 g/mol. The maximum absolute atomic E-state index is 5.24. The Kier molecular flexibility index (Phi) is 7.51. The molecule has 0 unspecified atom stereocenters. The van der Waals surface area contributed by atoms with Gasteiger partial charge >= 0.3 is 0 Å². The Hall–Kier alpha value is -6.38. The molecule has 8 aromatic rings. The topological polar surface area (TPSA) is 25.8 Å². The fourth-order valence-corrected chi connectivity index (χ4v) is 7.56. The second kappa shape index (κ2) is 12.5. The van der Waals surface area contributed by atoms with Gasteiger partial charge in [-0.2, -0.15) is 0 Å². The first-order valence-electron chi connectivity index (χ1n) is 17.6. The molecule has 7 aromatic carbocycles. The van der Waals surface area contributed by atoms with Crippen LogP contribution in [0.15, 0.2) is 182 Å². The number of benzene rings is 7. The molecule has 2 nitrogen and oxygen atoms in total. The van der Waals surface area contributed by atoms with Gasteiger partial charge in [-0.25, -0.2) is 9.97 Å². The van der Waals surface area contributed by atoms with Crippen LogP contribution in [-0.4, -0.2) is 9.97 Å². The number of hydrogen-bond acceptors (Lipinski definition) is 2. The molecule has 9 rings (SSSR count). The Bertz CT molecular complexity index is 2520. The highest BCUT2D eigenvalue weighted by atomic mass is 14.9. The van der Waals surface area contributed by atoms with Crippen LogP contribution in [-0.2, 0) is 5.41 Å². The third kappa shape index (κ3) is 5.65. The lowest BCUT2D eigenvalue weighted by atomic mass is 9.82. The van der Waals surface area contributed by atoms with Crippen molar-refractivity contribution in [2.24, 2.45) is 0 Å². The molecule has 2 heteroatoms. The van der Waals surface area contributed by atoms with Crippen molar-refractivity contribution in [3.8, 4) is 78.4 Å². The number of rotatable bonds is 6. The van der Waals surface area contributed by atoms with E-state index in [0.29, 0.717) is 5.82 Å². The minimum atomic E-state index is -0.0515. The summed E-state index contributed by atoms with van der Waals surface area (Å²) in [5, 5.41) is 0. The Labute approximate surface area is 299 Å². The van der Waals surface area contributed by atoms with E-state index >= 15 is 0 Å². The monoisotopic (exact) mass is 652 g/mol. The van der Waals surface area contributed by atoms with Gasteiger partial charge < -0.3 is 0 Å². The van der Waals surface area contributed by atoms with Crippen molar-refractivity contribution >= 4 is 0 Å². The first-order valence-corrected chi connectivity index (χ1v) is 17.6. The molecule has 0 N–H and O–H groups in total. The van der Waals surface area contributed by atoms with Gasteiger partial charge in [0.2, 0.25) is 0 Å². The van der Waals surface area contributed by atoms with Crippen LogP contribution in [0.2, 0.25) is 0 Å². The largest absolute Gasteiger partial charge is 0.228 e. The lowest BCUT2D eigenvalue weighted by Crippen LogP contribution is -2.14. The van der Waals surface area contributed by atoms with E-state index in [1.54, 1.807) is 0 Å². The molecule has 0 fully saturated rings. The number of nitrogens with zero attached hydrogens (tertiary/aromatic N) is 2. The average Bonchev–Trinajstić information content (AvgIpc) is 3.44. The van der Waals surface area contributed by atoms with E-state index in [2.05, 4.69) is 178 Å². The molecule has 1 aromatic heterocycles. The summed E-state index contributed by atoms with van der Waals surface area (Å²) in [5.74, 6) is 0.711. The van der Waals surface area contributed by atoms with Crippen molar-refractivity contribution in [2.75, 3.05) is 0 Å². The van der Waals surface area contributed by atoms with Crippen molar-refractivity contribution in [1.82, 2.24) is 9.97 Å². The lowest BCUT2D eigenvalue weighted by molar-refractivity contribution is 0.660. The maximum Gasteiger partial charge on any atom is 0.160 e.